The summed E-state index contributed by atoms with van der Waals surface area (Å²) >= 11 is 0. The van der Waals surface area contributed by atoms with Crippen molar-refractivity contribution in [3.63, 3.8) is 0 Å². The van der Waals surface area contributed by atoms with Gasteiger partial charge in [-0.05, 0) is 13.3 Å². The summed E-state index contributed by atoms with van der Waals surface area (Å²) in [7, 11) is 0. The van der Waals surface area contributed by atoms with Gasteiger partial charge in [-0.2, -0.15) is 0 Å². The predicted molar refractivity (Wildman–Crippen MR) is 142 cm³/mol. The predicted octanol–water partition coefficient (Wildman–Crippen LogP) is -4.76. The summed E-state index contributed by atoms with van der Waals surface area (Å²) in [6, 6.07) is 0. The number of hydrogen-bond donors (Lipinski definition) is 9. The average molecular weight is 675 g/mol. The topological polar surface area (TPSA) is 307 Å². The molecule has 0 amide bonds. The molecule has 3 fully saturated rings. The Hall–Kier alpha value is -2.15. The van der Waals surface area contributed by atoms with Crippen molar-refractivity contribution in [2.24, 2.45) is 0 Å². The first-order valence-corrected chi connectivity index (χ1v) is 14.4. The molecule has 9 N–H and O–H groups in total. The third-order valence-corrected chi connectivity index (χ3v) is 7.66. The van der Waals surface area contributed by atoms with Gasteiger partial charge in [0, 0.05) is 0 Å². The summed E-state index contributed by atoms with van der Waals surface area (Å²) in [6.07, 6.45) is -21.6. The molecule has 0 radical (unpaired) electrons. The highest BCUT2D eigenvalue weighted by molar-refractivity contribution is 5.68. The molecule has 46 heavy (non-hydrogen) atoms. The quantitative estimate of drug-likeness (QED) is 0.0742. The van der Waals surface area contributed by atoms with Crippen molar-refractivity contribution < 1.29 is 98.2 Å². The molecular formula is C26H42O20. The second-order valence-corrected chi connectivity index (χ2v) is 11.0. The van der Waals surface area contributed by atoms with Crippen LogP contribution in [0.3, 0.4) is 0 Å². The molecular weight excluding hydrogens is 632 g/mol. The van der Waals surface area contributed by atoms with E-state index in [0.717, 1.165) is 0 Å². The Labute approximate surface area is 261 Å². The zero-order chi connectivity index (χ0) is 34.3. The van der Waals surface area contributed by atoms with Gasteiger partial charge >= 0.3 is 17.9 Å². The molecule has 266 valence electrons. The molecule has 20 heteroatoms. The summed E-state index contributed by atoms with van der Waals surface area (Å²) in [5.74, 6) is -4.11. The molecule has 0 bridgehead atoms. The Morgan fingerprint density at radius 3 is 1.28 bits per heavy atom. The van der Waals surface area contributed by atoms with Crippen LogP contribution in [0, 0.1) is 0 Å². The Bertz CT molecular complexity index is 999. The highest BCUT2D eigenvalue weighted by Gasteiger charge is 2.50. The smallest absolute Gasteiger partial charge is 0.329 e. The van der Waals surface area contributed by atoms with Crippen molar-refractivity contribution >= 4 is 17.9 Å². The minimum absolute atomic E-state index is 0.221. The van der Waals surface area contributed by atoms with E-state index in [9.17, 15) is 45.0 Å². The van der Waals surface area contributed by atoms with Gasteiger partial charge in [-0.3, -0.25) is 0 Å². The van der Waals surface area contributed by atoms with E-state index < -0.39 is 143 Å². The molecule has 0 aliphatic carbocycles. The maximum absolute atomic E-state index is 11.2. The molecule has 3 rings (SSSR count). The van der Waals surface area contributed by atoms with E-state index >= 15 is 0 Å². The lowest BCUT2D eigenvalue weighted by Crippen LogP contribution is -2.63. The molecule has 20 nitrogen and oxygen atoms in total. The fourth-order valence-corrected chi connectivity index (χ4v) is 5.29. The van der Waals surface area contributed by atoms with Crippen LogP contribution in [0.2, 0.25) is 0 Å². The molecule has 3 aliphatic rings. The molecule has 3 heterocycles. The number of carboxylic acid groups (broad SMARTS) is 3. The third-order valence-electron chi connectivity index (χ3n) is 7.66. The van der Waals surface area contributed by atoms with Crippen LogP contribution < -0.4 is 0 Å². The largest absolute Gasteiger partial charge is 0.480 e. The van der Waals surface area contributed by atoms with Crippen LogP contribution in [0.25, 0.3) is 0 Å². The monoisotopic (exact) mass is 674 g/mol. The summed E-state index contributed by atoms with van der Waals surface area (Å²) in [5.41, 5.74) is 0. The minimum atomic E-state index is -1.83. The Morgan fingerprint density at radius 2 is 0.870 bits per heavy atom. The van der Waals surface area contributed by atoms with Crippen molar-refractivity contribution in [3.8, 4) is 0 Å². The zero-order valence-corrected chi connectivity index (χ0v) is 24.9. The van der Waals surface area contributed by atoms with E-state index in [1.807, 2.05) is 0 Å². The first kappa shape index (κ1) is 38.3. The van der Waals surface area contributed by atoms with Crippen LogP contribution in [-0.2, 0) is 52.3 Å². The van der Waals surface area contributed by atoms with Gasteiger partial charge in [0.25, 0.3) is 0 Å². The van der Waals surface area contributed by atoms with E-state index in [0.29, 0.717) is 0 Å². The molecule has 6 unspecified atom stereocenters. The van der Waals surface area contributed by atoms with Gasteiger partial charge in [0.15, 0.2) is 12.6 Å². The maximum Gasteiger partial charge on any atom is 0.329 e. The van der Waals surface area contributed by atoms with Gasteiger partial charge in [-0.15, -0.1) is 0 Å². The van der Waals surface area contributed by atoms with Gasteiger partial charge in [-0.1, -0.05) is 6.92 Å². The van der Waals surface area contributed by atoms with Crippen LogP contribution >= 0.6 is 0 Å². The second-order valence-electron chi connectivity index (χ2n) is 11.0. The first-order chi connectivity index (χ1) is 21.7. The number of carbonyl (C=O) groups is 3. The molecule has 15 atom stereocenters. The Balaban J connectivity index is 1.71. The molecule has 0 aromatic rings. The fraction of sp³-hybridized carbons (Fsp3) is 0.885. The van der Waals surface area contributed by atoms with Crippen LogP contribution in [-0.4, -0.2) is 189 Å². The Morgan fingerprint density at radius 1 is 0.522 bits per heavy atom. The van der Waals surface area contributed by atoms with Gasteiger partial charge in [0.05, 0.1) is 25.4 Å². The fourth-order valence-electron chi connectivity index (χ4n) is 5.29. The molecule has 0 aromatic heterocycles. The molecule has 3 saturated heterocycles. The molecule has 0 saturated carbocycles. The highest BCUT2D eigenvalue weighted by Crippen LogP contribution is 2.30. The standard InChI is InChI=1S/C26H42O20/c1-3-10-16(33)20(37)23(40-7-14(29)30)25(45-10)43-5-12-18(35)21(38)24(41-8-15(31)32)26(46-12)42-4-11-17(34)19(36)22(9(2)44-11)39-6-13(27)28/h9-12,16-26,33-38H,3-8H2,1-2H3,(H,27,28)(H,29,30)(H,31,32)/t9-,10?,11?,12?,16+,17+,18+,19+,20+,21+,22?,23?,24?,25+,26+/m0/s1. The van der Waals surface area contributed by atoms with E-state index in [1.54, 1.807) is 6.92 Å². The van der Waals surface area contributed by atoms with Gasteiger partial charge in [-0.25, -0.2) is 14.4 Å². The van der Waals surface area contributed by atoms with Gasteiger partial charge in [0.1, 0.15) is 87.0 Å². The summed E-state index contributed by atoms with van der Waals surface area (Å²) in [5, 5.41) is 90.5. The van der Waals surface area contributed by atoms with Crippen molar-refractivity contribution in [1.29, 1.82) is 0 Å². The van der Waals surface area contributed by atoms with Crippen LogP contribution in [0.1, 0.15) is 20.3 Å². The van der Waals surface area contributed by atoms with E-state index in [4.69, 9.17) is 53.2 Å². The third kappa shape index (κ3) is 9.70. The van der Waals surface area contributed by atoms with E-state index in [2.05, 4.69) is 0 Å². The number of aliphatic hydroxyl groups is 6. The Kier molecular flexibility index (Phi) is 14.4. The molecule has 3 aliphatic heterocycles. The van der Waals surface area contributed by atoms with Crippen molar-refractivity contribution in [3.05, 3.63) is 0 Å². The zero-order valence-electron chi connectivity index (χ0n) is 24.9. The van der Waals surface area contributed by atoms with Crippen LogP contribution in [0.5, 0.6) is 0 Å². The van der Waals surface area contributed by atoms with E-state index in [1.165, 1.54) is 6.92 Å². The molecule has 0 aromatic carbocycles. The SMILES string of the molecule is CCC1O[C@@H](OCC2O[C@@H](OCC3O[C@@H](C)C(OCC(=O)O)[C@H](O)[C@@H]3O)C(OCC(=O)O)[C@H](O)[C@@H]2O)C(OCC(=O)O)[C@H](O)[C@@H]1O. The maximum atomic E-state index is 11.2. The number of ether oxygens (including phenoxy) is 8. The van der Waals surface area contributed by atoms with E-state index in [-0.39, 0.29) is 6.42 Å². The number of aliphatic carboxylic acids is 3. The highest BCUT2D eigenvalue weighted by atomic mass is 16.7. The summed E-state index contributed by atoms with van der Waals surface area (Å²) < 4.78 is 43.8. The summed E-state index contributed by atoms with van der Waals surface area (Å²) in [6.45, 7) is -0.599. The second kappa shape index (κ2) is 17.3. The van der Waals surface area contributed by atoms with Crippen molar-refractivity contribution in [2.45, 2.75) is 112 Å². The van der Waals surface area contributed by atoms with Crippen LogP contribution in [0.15, 0.2) is 0 Å². The number of hydrogen-bond acceptors (Lipinski definition) is 17. The lowest BCUT2D eigenvalue weighted by molar-refractivity contribution is -0.340. The van der Waals surface area contributed by atoms with Crippen molar-refractivity contribution in [2.75, 3.05) is 33.0 Å². The number of rotatable bonds is 16. The minimum Gasteiger partial charge on any atom is -0.480 e. The summed E-state index contributed by atoms with van der Waals surface area (Å²) in [4.78, 5) is 33.0. The first-order valence-electron chi connectivity index (χ1n) is 14.4. The molecule has 0 spiro atoms. The number of aliphatic hydroxyl groups excluding tert-OH is 6. The average Bonchev–Trinajstić information content (AvgIpc) is 2.99. The lowest BCUT2D eigenvalue weighted by Gasteiger charge is -2.45. The van der Waals surface area contributed by atoms with Gasteiger partial charge in [0.2, 0.25) is 0 Å². The van der Waals surface area contributed by atoms with Crippen molar-refractivity contribution in [1.82, 2.24) is 0 Å². The van der Waals surface area contributed by atoms with Gasteiger partial charge < -0.3 is 83.9 Å². The van der Waals surface area contributed by atoms with Crippen LogP contribution in [0.4, 0.5) is 0 Å². The normalized spacial score (nSPS) is 41.6. The lowest BCUT2D eigenvalue weighted by atomic mass is 9.95. The number of carboxylic acids is 3.